The van der Waals surface area contributed by atoms with Gasteiger partial charge >= 0.3 is 0 Å². The number of nitrogens with one attached hydrogen (secondary N) is 1. The van der Waals surface area contributed by atoms with Gasteiger partial charge in [-0.05, 0) is 31.5 Å². The smallest absolute Gasteiger partial charge is 0.251 e. The Hall–Kier alpha value is -1.56. The molecule has 1 aromatic rings. The number of carbonyl (C=O) groups excluding carboxylic acids is 1. The van der Waals surface area contributed by atoms with Crippen molar-refractivity contribution in [1.29, 1.82) is 0 Å². The highest BCUT2D eigenvalue weighted by molar-refractivity contribution is 7.90. The SMILES string of the molecule is Cc1ccc(C(=O)NC(C)CS(C)(=O)=O)cc1O. The van der Waals surface area contributed by atoms with Gasteiger partial charge in [0.2, 0.25) is 0 Å². The highest BCUT2D eigenvalue weighted by Crippen LogP contribution is 2.17. The van der Waals surface area contributed by atoms with Gasteiger partial charge in [-0.25, -0.2) is 8.42 Å². The van der Waals surface area contributed by atoms with Crippen LogP contribution in [0.1, 0.15) is 22.8 Å². The minimum absolute atomic E-state index is 0.0402. The summed E-state index contributed by atoms with van der Waals surface area (Å²) in [6, 6.07) is 4.09. The molecule has 6 heteroatoms. The fourth-order valence-corrected chi connectivity index (χ4v) is 2.55. The number of phenolic OH excluding ortho intramolecular Hbond substituents is 1. The lowest BCUT2D eigenvalue weighted by atomic mass is 10.1. The molecule has 18 heavy (non-hydrogen) atoms. The summed E-state index contributed by atoms with van der Waals surface area (Å²) >= 11 is 0. The van der Waals surface area contributed by atoms with Gasteiger partial charge in [-0.15, -0.1) is 0 Å². The number of hydrogen-bond acceptors (Lipinski definition) is 4. The number of aryl methyl sites for hydroxylation is 1. The van der Waals surface area contributed by atoms with Crippen LogP contribution in [0.4, 0.5) is 0 Å². The zero-order chi connectivity index (χ0) is 13.9. The van der Waals surface area contributed by atoms with Crippen molar-refractivity contribution in [3.05, 3.63) is 29.3 Å². The van der Waals surface area contributed by atoms with E-state index in [9.17, 15) is 18.3 Å². The Morgan fingerprint density at radius 3 is 2.56 bits per heavy atom. The number of carbonyl (C=O) groups is 1. The summed E-state index contributed by atoms with van der Waals surface area (Å²) in [5, 5.41) is 12.1. The standard InChI is InChI=1S/C12H17NO4S/c1-8-4-5-10(6-11(8)14)12(15)13-9(2)7-18(3,16)17/h4-6,9,14H,7H2,1-3H3,(H,13,15). The molecular weight excluding hydrogens is 254 g/mol. The van der Waals surface area contributed by atoms with Crippen LogP contribution in [0.15, 0.2) is 18.2 Å². The summed E-state index contributed by atoms with van der Waals surface area (Å²) in [4.78, 5) is 11.8. The van der Waals surface area contributed by atoms with Gasteiger partial charge in [0.1, 0.15) is 15.6 Å². The van der Waals surface area contributed by atoms with E-state index < -0.39 is 21.8 Å². The first kappa shape index (κ1) is 14.5. The van der Waals surface area contributed by atoms with Gasteiger partial charge in [0.25, 0.3) is 5.91 Å². The van der Waals surface area contributed by atoms with Gasteiger partial charge in [0.05, 0.1) is 5.75 Å². The third kappa shape index (κ3) is 4.37. The molecule has 0 heterocycles. The van der Waals surface area contributed by atoms with Gasteiger partial charge in [0, 0.05) is 17.9 Å². The van der Waals surface area contributed by atoms with E-state index in [1.165, 1.54) is 6.07 Å². The zero-order valence-corrected chi connectivity index (χ0v) is 11.4. The topological polar surface area (TPSA) is 83.5 Å². The quantitative estimate of drug-likeness (QED) is 0.851. The summed E-state index contributed by atoms with van der Waals surface area (Å²) in [5.74, 6) is -0.476. The van der Waals surface area contributed by atoms with Gasteiger partial charge < -0.3 is 10.4 Å². The molecule has 0 spiro atoms. The Morgan fingerprint density at radius 2 is 2.06 bits per heavy atom. The van der Waals surface area contributed by atoms with Gasteiger partial charge in [-0.2, -0.15) is 0 Å². The number of hydrogen-bond donors (Lipinski definition) is 2. The maximum Gasteiger partial charge on any atom is 0.251 e. The molecule has 0 aromatic heterocycles. The fraction of sp³-hybridized carbons (Fsp3) is 0.417. The van der Waals surface area contributed by atoms with Crippen LogP contribution in [0.25, 0.3) is 0 Å². The van der Waals surface area contributed by atoms with Crippen molar-refractivity contribution in [3.8, 4) is 5.75 Å². The van der Waals surface area contributed by atoms with Crippen molar-refractivity contribution < 1.29 is 18.3 Å². The summed E-state index contributed by atoms with van der Waals surface area (Å²) in [6.07, 6.45) is 1.12. The third-order valence-corrected chi connectivity index (χ3v) is 3.51. The van der Waals surface area contributed by atoms with E-state index in [4.69, 9.17) is 0 Å². The lowest BCUT2D eigenvalue weighted by molar-refractivity contribution is 0.0943. The van der Waals surface area contributed by atoms with Crippen molar-refractivity contribution in [2.75, 3.05) is 12.0 Å². The molecule has 1 aromatic carbocycles. The molecule has 0 bridgehead atoms. The number of aromatic hydroxyl groups is 1. The first-order valence-electron chi connectivity index (χ1n) is 5.47. The molecule has 0 aliphatic rings. The van der Waals surface area contributed by atoms with E-state index in [2.05, 4.69) is 5.32 Å². The Morgan fingerprint density at radius 1 is 1.44 bits per heavy atom. The number of sulfone groups is 1. The van der Waals surface area contributed by atoms with Crippen molar-refractivity contribution >= 4 is 15.7 Å². The maximum absolute atomic E-state index is 11.8. The predicted octanol–water partition coefficient (Wildman–Crippen LogP) is 0.864. The van der Waals surface area contributed by atoms with Crippen molar-refractivity contribution in [3.63, 3.8) is 0 Å². The monoisotopic (exact) mass is 271 g/mol. The van der Waals surface area contributed by atoms with Gasteiger partial charge in [0.15, 0.2) is 0 Å². The zero-order valence-electron chi connectivity index (χ0n) is 10.6. The molecule has 1 atom stereocenters. The van der Waals surface area contributed by atoms with Crippen LogP contribution in [0.2, 0.25) is 0 Å². The van der Waals surface area contributed by atoms with E-state index in [-0.39, 0.29) is 11.5 Å². The van der Waals surface area contributed by atoms with E-state index >= 15 is 0 Å². The van der Waals surface area contributed by atoms with E-state index in [0.717, 1.165) is 6.26 Å². The normalized spacial score (nSPS) is 13.1. The number of amides is 1. The summed E-state index contributed by atoms with van der Waals surface area (Å²) < 4.78 is 22.1. The first-order valence-corrected chi connectivity index (χ1v) is 7.53. The molecule has 0 saturated carbocycles. The molecule has 0 fully saturated rings. The summed E-state index contributed by atoms with van der Waals surface area (Å²) in [7, 11) is -3.13. The molecule has 0 aliphatic carbocycles. The molecule has 1 unspecified atom stereocenters. The molecule has 0 radical (unpaired) electrons. The van der Waals surface area contributed by atoms with Gasteiger partial charge in [-0.1, -0.05) is 6.07 Å². The minimum atomic E-state index is -3.13. The van der Waals surface area contributed by atoms with Crippen LogP contribution in [0, 0.1) is 6.92 Å². The van der Waals surface area contributed by atoms with E-state index in [1.54, 1.807) is 26.0 Å². The second kappa shape index (κ2) is 5.39. The van der Waals surface area contributed by atoms with Crippen LogP contribution in [0.5, 0.6) is 5.75 Å². The molecule has 1 rings (SSSR count). The first-order chi connectivity index (χ1) is 8.19. The number of phenols is 1. The van der Waals surface area contributed by atoms with Crippen LogP contribution in [0.3, 0.4) is 0 Å². The summed E-state index contributed by atoms with van der Waals surface area (Å²) in [6.45, 7) is 3.34. The van der Waals surface area contributed by atoms with Crippen molar-refractivity contribution in [2.24, 2.45) is 0 Å². The van der Waals surface area contributed by atoms with Crippen LogP contribution >= 0.6 is 0 Å². The maximum atomic E-state index is 11.8. The van der Waals surface area contributed by atoms with Crippen molar-refractivity contribution in [1.82, 2.24) is 5.32 Å². The molecule has 0 aliphatic heterocycles. The van der Waals surface area contributed by atoms with Crippen LogP contribution < -0.4 is 5.32 Å². The Labute approximate surface area is 107 Å². The molecule has 100 valence electrons. The lowest BCUT2D eigenvalue weighted by Crippen LogP contribution is -2.37. The van der Waals surface area contributed by atoms with E-state index in [1.807, 2.05) is 0 Å². The average molecular weight is 271 g/mol. The Balaban J connectivity index is 2.73. The highest BCUT2D eigenvalue weighted by Gasteiger charge is 2.14. The second-order valence-corrected chi connectivity index (χ2v) is 6.65. The minimum Gasteiger partial charge on any atom is -0.508 e. The van der Waals surface area contributed by atoms with Crippen molar-refractivity contribution in [2.45, 2.75) is 19.9 Å². The molecule has 0 saturated heterocycles. The Bertz CT molecular complexity index is 551. The molecular formula is C12H17NO4S. The Kier molecular flexibility index (Phi) is 4.34. The van der Waals surface area contributed by atoms with Crippen LogP contribution in [-0.2, 0) is 9.84 Å². The molecule has 2 N–H and O–H groups in total. The highest BCUT2D eigenvalue weighted by atomic mass is 32.2. The average Bonchev–Trinajstić information content (AvgIpc) is 2.18. The van der Waals surface area contributed by atoms with Crippen LogP contribution in [-0.4, -0.2) is 37.5 Å². The third-order valence-electron chi connectivity index (χ3n) is 2.40. The molecule has 5 nitrogen and oxygen atoms in total. The lowest BCUT2D eigenvalue weighted by Gasteiger charge is -2.13. The molecule has 1 amide bonds. The number of rotatable bonds is 4. The van der Waals surface area contributed by atoms with Gasteiger partial charge in [-0.3, -0.25) is 4.79 Å². The summed E-state index contributed by atoms with van der Waals surface area (Å²) in [5.41, 5.74) is 0.981. The predicted molar refractivity (Wildman–Crippen MR) is 69.5 cm³/mol. The van der Waals surface area contributed by atoms with E-state index in [0.29, 0.717) is 11.1 Å². The fourth-order valence-electron chi connectivity index (χ4n) is 1.55. The second-order valence-electron chi connectivity index (χ2n) is 4.47. The largest absolute Gasteiger partial charge is 0.508 e. The number of benzene rings is 1.